The Hall–Kier alpha value is -2.20. The molecule has 90 valence electrons. The summed E-state index contributed by atoms with van der Waals surface area (Å²) < 4.78 is 0. The topological polar surface area (TPSA) is 53.4 Å². The number of nitrogens with zero attached hydrogens (tertiary/aromatic N) is 2. The van der Waals surface area contributed by atoms with Gasteiger partial charge in [0.05, 0.1) is 0 Å². The number of benzene rings is 1. The summed E-state index contributed by atoms with van der Waals surface area (Å²) in [4.78, 5) is 17.6. The minimum Gasteiger partial charge on any atom is -0.369 e. The molecular weight excluding hydrogens is 228 g/mol. The van der Waals surface area contributed by atoms with Gasteiger partial charge < -0.3 is 10.0 Å². The predicted octanol–water partition coefficient (Wildman–Crippen LogP) is 1.73. The van der Waals surface area contributed by atoms with Crippen LogP contribution in [0.25, 0.3) is 0 Å². The van der Waals surface area contributed by atoms with Gasteiger partial charge in [-0.05, 0) is 11.6 Å². The van der Waals surface area contributed by atoms with Crippen molar-refractivity contribution < 1.29 is 9.90 Å². The van der Waals surface area contributed by atoms with Crippen LogP contribution in [-0.4, -0.2) is 20.9 Å². The maximum atomic E-state index is 12.1. The van der Waals surface area contributed by atoms with Crippen LogP contribution in [0.5, 0.6) is 0 Å². The van der Waals surface area contributed by atoms with Gasteiger partial charge in [-0.2, -0.15) is 0 Å². The number of pyridine rings is 1. The van der Waals surface area contributed by atoms with Crippen LogP contribution < -0.4 is 0 Å². The summed E-state index contributed by atoms with van der Waals surface area (Å²) in [6.45, 7) is 0.386. The van der Waals surface area contributed by atoms with E-state index in [4.69, 9.17) is 0 Å². The van der Waals surface area contributed by atoms with Gasteiger partial charge in [-0.25, -0.2) is 0 Å². The molecule has 0 saturated carbocycles. The van der Waals surface area contributed by atoms with Gasteiger partial charge in [0.2, 0.25) is 0 Å². The molecule has 2 aromatic rings. The smallest absolute Gasteiger partial charge is 0.275 e. The molecule has 1 aliphatic heterocycles. The van der Waals surface area contributed by atoms with Crippen molar-refractivity contribution in [3.63, 3.8) is 0 Å². The average molecular weight is 240 g/mol. The second kappa shape index (κ2) is 4.23. The maximum absolute atomic E-state index is 12.1. The highest BCUT2D eigenvalue weighted by Gasteiger charge is 2.36. The molecule has 1 N–H and O–H groups in total. The van der Waals surface area contributed by atoms with Crippen molar-refractivity contribution in [2.45, 2.75) is 12.8 Å². The van der Waals surface area contributed by atoms with Gasteiger partial charge in [0, 0.05) is 18.3 Å². The third-order valence-corrected chi connectivity index (χ3v) is 3.07. The van der Waals surface area contributed by atoms with Crippen molar-refractivity contribution >= 4 is 5.91 Å². The Morgan fingerprint density at radius 2 is 1.94 bits per heavy atom. The zero-order valence-corrected chi connectivity index (χ0v) is 9.65. The van der Waals surface area contributed by atoms with Crippen LogP contribution in [-0.2, 0) is 6.54 Å². The van der Waals surface area contributed by atoms with Gasteiger partial charge in [0.15, 0.2) is 6.23 Å². The van der Waals surface area contributed by atoms with Crippen molar-refractivity contribution in [2.24, 2.45) is 0 Å². The van der Waals surface area contributed by atoms with E-state index in [1.54, 1.807) is 18.3 Å². The Morgan fingerprint density at radius 3 is 2.67 bits per heavy atom. The quantitative estimate of drug-likeness (QED) is 0.869. The lowest BCUT2D eigenvalue weighted by Crippen LogP contribution is -2.27. The SMILES string of the molecule is O=C1c2ncccc2C(O)N1Cc1ccccc1. The Labute approximate surface area is 105 Å². The van der Waals surface area contributed by atoms with E-state index in [0.717, 1.165) is 5.56 Å². The second-order valence-electron chi connectivity index (χ2n) is 4.23. The average Bonchev–Trinajstić information content (AvgIpc) is 2.66. The minimum absolute atomic E-state index is 0.220. The molecule has 18 heavy (non-hydrogen) atoms. The summed E-state index contributed by atoms with van der Waals surface area (Å²) in [6, 6.07) is 13.0. The van der Waals surface area contributed by atoms with E-state index in [-0.39, 0.29) is 5.91 Å². The molecule has 0 fully saturated rings. The molecule has 4 nitrogen and oxygen atoms in total. The largest absolute Gasteiger partial charge is 0.369 e. The standard InChI is InChI=1S/C14H12N2O2/c17-13-11-7-4-8-15-12(11)14(18)16(13)9-10-5-2-1-3-6-10/h1-8,13,17H,9H2. The summed E-state index contributed by atoms with van der Waals surface area (Å²) in [5.41, 5.74) is 1.91. The number of carbonyl (C=O) groups excluding carboxylic acids is 1. The van der Waals surface area contributed by atoms with Crippen LogP contribution in [0.4, 0.5) is 0 Å². The molecule has 1 unspecified atom stereocenters. The normalized spacial score (nSPS) is 17.9. The molecule has 1 aliphatic rings. The third kappa shape index (κ3) is 1.67. The lowest BCUT2D eigenvalue weighted by atomic mass is 10.2. The fourth-order valence-corrected chi connectivity index (χ4v) is 2.16. The Morgan fingerprint density at radius 1 is 1.17 bits per heavy atom. The van der Waals surface area contributed by atoms with Gasteiger partial charge in [-0.15, -0.1) is 0 Å². The van der Waals surface area contributed by atoms with Crippen LogP contribution in [0.15, 0.2) is 48.7 Å². The highest BCUT2D eigenvalue weighted by molar-refractivity contribution is 5.96. The van der Waals surface area contributed by atoms with E-state index >= 15 is 0 Å². The molecule has 1 aromatic heterocycles. The van der Waals surface area contributed by atoms with Gasteiger partial charge in [0.1, 0.15) is 5.69 Å². The van der Waals surface area contributed by atoms with E-state index in [1.165, 1.54) is 4.90 Å². The molecule has 1 amide bonds. The maximum Gasteiger partial charge on any atom is 0.275 e. The summed E-state index contributed by atoms with van der Waals surface area (Å²) in [6.07, 6.45) is 0.663. The Balaban J connectivity index is 1.91. The van der Waals surface area contributed by atoms with E-state index in [9.17, 15) is 9.90 Å². The summed E-state index contributed by atoms with van der Waals surface area (Å²) in [5.74, 6) is -0.220. The van der Waals surface area contributed by atoms with Gasteiger partial charge in [-0.1, -0.05) is 36.4 Å². The fourth-order valence-electron chi connectivity index (χ4n) is 2.16. The van der Waals surface area contributed by atoms with Crippen LogP contribution >= 0.6 is 0 Å². The van der Waals surface area contributed by atoms with Crippen LogP contribution in [0.2, 0.25) is 0 Å². The number of amides is 1. The van der Waals surface area contributed by atoms with Crippen LogP contribution in [0.1, 0.15) is 27.8 Å². The lowest BCUT2D eigenvalue weighted by Gasteiger charge is -2.20. The Kier molecular flexibility index (Phi) is 2.57. The summed E-state index contributed by atoms with van der Waals surface area (Å²) >= 11 is 0. The first kappa shape index (κ1) is 10.9. The van der Waals surface area contributed by atoms with E-state index in [0.29, 0.717) is 17.8 Å². The van der Waals surface area contributed by atoms with E-state index < -0.39 is 6.23 Å². The molecular formula is C14H12N2O2. The zero-order valence-electron chi connectivity index (χ0n) is 9.65. The highest BCUT2D eigenvalue weighted by atomic mass is 16.3. The number of aromatic nitrogens is 1. The van der Waals surface area contributed by atoms with E-state index in [1.807, 2.05) is 30.3 Å². The van der Waals surface area contributed by atoms with Crippen molar-refractivity contribution in [3.8, 4) is 0 Å². The first-order chi connectivity index (χ1) is 8.77. The molecule has 0 bridgehead atoms. The molecule has 0 saturated heterocycles. The van der Waals surface area contributed by atoms with Crippen molar-refractivity contribution in [1.82, 2.24) is 9.88 Å². The van der Waals surface area contributed by atoms with Crippen molar-refractivity contribution in [1.29, 1.82) is 0 Å². The third-order valence-electron chi connectivity index (χ3n) is 3.07. The first-order valence-electron chi connectivity index (χ1n) is 5.75. The number of aliphatic hydroxyl groups is 1. The first-order valence-corrected chi connectivity index (χ1v) is 5.75. The number of hydrogen-bond acceptors (Lipinski definition) is 3. The molecule has 3 rings (SSSR count). The van der Waals surface area contributed by atoms with Gasteiger partial charge in [-0.3, -0.25) is 9.78 Å². The number of rotatable bonds is 2. The van der Waals surface area contributed by atoms with Crippen LogP contribution in [0.3, 0.4) is 0 Å². The van der Waals surface area contributed by atoms with Crippen molar-refractivity contribution in [2.75, 3.05) is 0 Å². The molecule has 0 spiro atoms. The van der Waals surface area contributed by atoms with Gasteiger partial charge in [0.25, 0.3) is 5.91 Å². The molecule has 0 radical (unpaired) electrons. The fraction of sp³-hybridized carbons (Fsp3) is 0.143. The number of hydrogen-bond donors (Lipinski definition) is 1. The minimum atomic E-state index is -0.901. The zero-order chi connectivity index (χ0) is 12.5. The Bertz CT molecular complexity index is 583. The van der Waals surface area contributed by atoms with E-state index in [2.05, 4.69) is 4.98 Å². The lowest BCUT2D eigenvalue weighted by molar-refractivity contribution is 0.0137. The molecule has 2 heterocycles. The predicted molar refractivity (Wildman–Crippen MR) is 65.5 cm³/mol. The monoisotopic (exact) mass is 240 g/mol. The van der Waals surface area contributed by atoms with Crippen LogP contribution in [0, 0.1) is 0 Å². The number of fused-ring (bicyclic) bond motifs is 1. The summed E-state index contributed by atoms with van der Waals surface area (Å²) in [7, 11) is 0. The molecule has 1 aromatic carbocycles. The number of carbonyl (C=O) groups is 1. The highest BCUT2D eigenvalue weighted by Crippen LogP contribution is 2.31. The summed E-state index contributed by atoms with van der Waals surface area (Å²) in [5, 5.41) is 10.1. The molecule has 4 heteroatoms. The second-order valence-corrected chi connectivity index (χ2v) is 4.23. The molecule has 1 atom stereocenters. The van der Waals surface area contributed by atoms with Gasteiger partial charge >= 0.3 is 0 Å². The number of aliphatic hydroxyl groups excluding tert-OH is 1. The van der Waals surface area contributed by atoms with Crippen molar-refractivity contribution in [3.05, 3.63) is 65.5 Å². The molecule has 0 aliphatic carbocycles.